The largest absolute Gasteiger partial charge is 0.494 e. The number of esters is 1. The SMILES string of the molecule is CCOc1ccc(N2C(=O)c3ccc(C(=O)OCC(=O)c4ccc([N+](=O)[O-])cc4)cc3C2=O)cc1. The highest BCUT2D eigenvalue weighted by molar-refractivity contribution is 6.34. The van der Waals surface area contributed by atoms with Gasteiger partial charge < -0.3 is 9.47 Å². The number of amides is 2. The smallest absolute Gasteiger partial charge is 0.338 e. The Morgan fingerprint density at radius 3 is 2.14 bits per heavy atom. The van der Waals surface area contributed by atoms with Crippen molar-refractivity contribution in [2.75, 3.05) is 18.1 Å². The van der Waals surface area contributed by atoms with Gasteiger partial charge in [0.1, 0.15) is 5.75 Å². The van der Waals surface area contributed by atoms with Crippen LogP contribution in [0.1, 0.15) is 48.4 Å². The second kappa shape index (κ2) is 9.56. The van der Waals surface area contributed by atoms with Gasteiger partial charge in [-0.25, -0.2) is 9.69 Å². The Morgan fingerprint density at radius 1 is 0.886 bits per heavy atom. The summed E-state index contributed by atoms with van der Waals surface area (Å²) in [5.74, 6) is -1.93. The van der Waals surface area contributed by atoms with Crippen LogP contribution in [0.4, 0.5) is 11.4 Å². The van der Waals surface area contributed by atoms with E-state index < -0.39 is 35.1 Å². The van der Waals surface area contributed by atoms with Gasteiger partial charge in [-0.05, 0) is 61.5 Å². The summed E-state index contributed by atoms with van der Waals surface area (Å²) in [5.41, 5.74) is 0.508. The van der Waals surface area contributed by atoms with E-state index >= 15 is 0 Å². The zero-order valence-corrected chi connectivity index (χ0v) is 18.4. The standard InChI is InChI=1S/C25H18N2O8/c1-2-34-19-10-8-17(9-11-19)26-23(29)20-12-5-16(13-21(20)24(26)30)25(31)35-14-22(28)15-3-6-18(7-4-15)27(32)33/h3-13H,2,14H2,1H3. The third-order valence-electron chi connectivity index (χ3n) is 5.26. The topological polar surface area (TPSA) is 133 Å². The molecule has 0 saturated heterocycles. The van der Waals surface area contributed by atoms with E-state index in [4.69, 9.17) is 9.47 Å². The Hall–Kier alpha value is -4.86. The second-order valence-corrected chi connectivity index (χ2v) is 7.44. The molecule has 10 nitrogen and oxygen atoms in total. The van der Waals surface area contributed by atoms with Crippen molar-refractivity contribution in [2.24, 2.45) is 0 Å². The predicted molar refractivity (Wildman–Crippen MR) is 123 cm³/mol. The van der Waals surface area contributed by atoms with E-state index in [0.717, 1.165) is 4.90 Å². The van der Waals surface area contributed by atoms with Crippen LogP contribution in [0.15, 0.2) is 66.7 Å². The van der Waals surface area contributed by atoms with Crippen molar-refractivity contribution >= 4 is 34.9 Å². The fourth-order valence-corrected chi connectivity index (χ4v) is 3.53. The molecule has 0 spiro atoms. The van der Waals surface area contributed by atoms with E-state index in [-0.39, 0.29) is 27.9 Å². The molecule has 0 N–H and O–H groups in total. The lowest BCUT2D eigenvalue weighted by Gasteiger charge is -2.14. The molecule has 3 aromatic rings. The maximum absolute atomic E-state index is 12.9. The van der Waals surface area contributed by atoms with E-state index in [1.807, 2.05) is 6.92 Å². The first-order chi connectivity index (χ1) is 16.8. The Bertz CT molecular complexity index is 1350. The Labute approximate surface area is 198 Å². The van der Waals surface area contributed by atoms with Crippen molar-refractivity contribution in [2.45, 2.75) is 6.92 Å². The van der Waals surface area contributed by atoms with Crippen molar-refractivity contribution in [1.29, 1.82) is 0 Å². The van der Waals surface area contributed by atoms with Gasteiger partial charge in [-0.15, -0.1) is 0 Å². The van der Waals surface area contributed by atoms with Crippen LogP contribution < -0.4 is 9.64 Å². The molecular formula is C25H18N2O8. The number of benzene rings is 3. The molecule has 0 bridgehead atoms. The number of carbonyl (C=O) groups excluding carboxylic acids is 4. The fourth-order valence-electron chi connectivity index (χ4n) is 3.53. The number of hydrogen-bond donors (Lipinski definition) is 0. The number of fused-ring (bicyclic) bond motifs is 1. The molecule has 1 aliphatic rings. The molecule has 1 heterocycles. The molecule has 0 fully saturated rings. The third-order valence-corrected chi connectivity index (χ3v) is 5.26. The van der Waals surface area contributed by atoms with Crippen LogP contribution in [0.25, 0.3) is 0 Å². The van der Waals surface area contributed by atoms with Gasteiger partial charge in [0.05, 0.1) is 33.9 Å². The van der Waals surface area contributed by atoms with Crippen LogP contribution in [0.3, 0.4) is 0 Å². The molecule has 0 atom stereocenters. The molecule has 0 aliphatic carbocycles. The summed E-state index contributed by atoms with van der Waals surface area (Å²) < 4.78 is 10.4. The van der Waals surface area contributed by atoms with Crippen molar-refractivity contribution in [3.05, 3.63) is 99.1 Å². The molecule has 2 amide bonds. The van der Waals surface area contributed by atoms with Crippen LogP contribution in [0.2, 0.25) is 0 Å². The number of nitro groups is 1. The summed E-state index contributed by atoms with van der Waals surface area (Å²) in [6.45, 7) is 1.72. The fraction of sp³-hybridized carbons (Fsp3) is 0.120. The lowest BCUT2D eigenvalue weighted by Crippen LogP contribution is -2.29. The molecule has 3 aromatic carbocycles. The summed E-state index contributed by atoms with van der Waals surface area (Å²) in [5, 5.41) is 10.7. The number of nitro benzene ring substituents is 1. The normalized spacial score (nSPS) is 12.3. The number of ketones is 1. The van der Waals surface area contributed by atoms with E-state index in [2.05, 4.69) is 0 Å². The molecule has 176 valence electrons. The van der Waals surface area contributed by atoms with Crippen LogP contribution in [0.5, 0.6) is 5.75 Å². The molecule has 0 radical (unpaired) electrons. The van der Waals surface area contributed by atoms with E-state index in [1.165, 1.54) is 42.5 Å². The zero-order valence-electron chi connectivity index (χ0n) is 18.4. The van der Waals surface area contributed by atoms with E-state index in [1.54, 1.807) is 24.3 Å². The summed E-state index contributed by atoms with van der Waals surface area (Å²) >= 11 is 0. The minimum Gasteiger partial charge on any atom is -0.494 e. The average molecular weight is 474 g/mol. The highest BCUT2D eigenvalue weighted by atomic mass is 16.6. The van der Waals surface area contributed by atoms with E-state index in [0.29, 0.717) is 18.0 Å². The first-order valence-corrected chi connectivity index (χ1v) is 10.5. The number of nitrogens with zero attached hydrogens (tertiary/aromatic N) is 2. The monoisotopic (exact) mass is 474 g/mol. The number of non-ortho nitro benzene ring substituents is 1. The first-order valence-electron chi connectivity index (χ1n) is 10.5. The Morgan fingerprint density at radius 2 is 1.51 bits per heavy atom. The van der Waals surface area contributed by atoms with E-state index in [9.17, 15) is 29.3 Å². The van der Waals surface area contributed by atoms with Gasteiger partial charge in [0, 0.05) is 17.7 Å². The number of Topliss-reactive ketones (excluding diaryl/α,β-unsaturated/α-hetero) is 1. The molecule has 0 saturated carbocycles. The number of carbonyl (C=O) groups is 4. The summed E-state index contributed by atoms with van der Waals surface area (Å²) in [6.07, 6.45) is 0. The van der Waals surface area contributed by atoms with Gasteiger partial charge in [0.25, 0.3) is 17.5 Å². The van der Waals surface area contributed by atoms with Crippen molar-refractivity contribution in [3.63, 3.8) is 0 Å². The molecular weight excluding hydrogens is 456 g/mol. The number of anilines is 1. The maximum atomic E-state index is 12.9. The minimum atomic E-state index is -0.858. The van der Waals surface area contributed by atoms with Gasteiger partial charge in [-0.3, -0.25) is 24.5 Å². The molecule has 0 unspecified atom stereocenters. The lowest BCUT2D eigenvalue weighted by atomic mass is 10.1. The van der Waals surface area contributed by atoms with Gasteiger partial charge in [0.15, 0.2) is 12.4 Å². The summed E-state index contributed by atoms with van der Waals surface area (Å²) in [7, 11) is 0. The van der Waals surface area contributed by atoms with Crippen molar-refractivity contribution in [1.82, 2.24) is 0 Å². The molecule has 0 aromatic heterocycles. The average Bonchev–Trinajstić information content (AvgIpc) is 3.12. The zero-order chi connectivity index (χ0) is 25.1. The Balaban J connectivity index is 1.46. The predicted octanol–water partition coefficient (Wildman–Crippen LogP) is 3.83. The van der Waals surface area contributed by atoms with Gasteiger partial charge in [0.2, 0.25) is 0 Å². The van der Waals surface area contributed by atoms with Gasteiger partial charge >= 0.3 is 5.97 Å². The lowest BCUT2D eigenvalue weighted by molar-refractivity contribution is -0.384. The maximum Gasteiger partial charge on any atom is 0.338 e. The highest BCUT2D eigenvalue weighted by Crippen LogP contribution is 2.30. The number of ether oxygens (including phenoxy) is 2. The molecule has 1 aliphatic heterocycles. The quantitative estimate of drug-likeness (QED) is 0.158. The molecule has 4 rings (SSSR count). The third kappa shape index (κ3) is 4.62. The number of imide groups is 1. The van der Waals surface area contributed by atoms with Crippen LogP contribution in [-0.4, -0.2) is 41.7 Å². The van der Waals surface area contributed by atoms with Crippen molar-refractivity contribution < 1.29 is 33.6 Å². The molecule has 35 heavy (non-hydrogen) atoms. The van der Waals surface area contributed by atoms with Gasteiger partial charge in [-0.2, -0.15) is 0 Å². The van der Waals surface area contributed by atoms with Crippen LogP contribution in [-0.2, 0) is 4.74 Å². The summed E-state index contributed by atoms with van der Waals surface area (Å²) in [4.78, 5) is 61.6. The van der Waals surface area contributed by atoms with Gasteiger partial charge in [-0.1, -0.05) is 0 Å². The van der Waals surface area contributed by atoms with Crippen LogP contribution in [0, 0.1) is 10.1 Å². The number of rotatable bonds is 8. The minimum absolute atomic E-state index is 0.00468. The summed E-state index contributed by atoms with van der Waals surface area (Å²) in [6, 6.07) is 15.3. The second-order valence-electron chi connectivity index (χ2n) is 7.44. The Kier molecular flexibility index (Phi) is 6.36. The highest BCUT2D eigenvalue weighted by Gasteiger charge is 2.37. The van der Waals surface area contributed by atoms with Crippen molar-refractivity contribution in [3.8, 4) is 5.75 Å². The first kappa shape index (κ1) is 23.3. The number of hydrogen-bond acceptors (Lipinski definition) is 8. The van der Waals surface area contributed by atoms with Crippen LogP contribution >= 0.6 is 0 Å². The molecule has 10 heteroatoms.